The fourth-order valence-electron chi connectivity index (χ4n) is 1.27. The van der Waals surface area contributed by atoms with Gasteiger partial charge in [-0.3, -0.25) is 4.79 Å². The highest BCUT2D eigenvalue weighted by molar-refractivity contribution is 5.98. The molecular formula is C12H15NO4. The molecule has 0 spiro atoms. The molecule has 0 aromatic heterocycles. The molecule has 0 saturated carbocycles. The van der Waals surface area contributed by atoms with Crippen molar-refractivity contribution in [2.45, 2.75) is 19.9 Å². The zero-order valence-corrected chi connectivity index (χ0v) is 9.77. The summed E-state index contributed by atoms with van der Waals surface area (Å²) >= 11 is 0. The van der Waals surface area contributed by atoms with Gasteiger partial charge < -0.3 is 15.2 Å². The highest BCUT2D eigenvalue weighted by Gasteiger charge is 2.18. The van der Waals surface area contributed by atoms with Crippen molar-refractivity contribution in [3.05, 3.63) is 29.8 Å². The number of carbonyl (C=O) groups is 2. The fourth-order valence-corrected chi connectivity index (χ4v) is 1.27. The van der Waals surface area contributed by atoms with Crippen molar-refractivity contribution < 1.29 is 19.4 Å². The second-order valence-electron chi connectivity index (χ2n) is 3.46. The molecule has 17 heavy (non-hydrogen) atoms. The minimum Gasteiger partial charge on any atom is -0.507 e. The zero-order chi connectivity index (χ0) is 12.8. The second-order valence-corrected chi connectivity index (χ2v) is 3.46. The van der Waals surface area contributed by atoms with E-state index in [1.165, 1.54) is 19.1 Å². The first-order chi connectivity index (χ1) is 8.06. The fraction of sp³-hybridized carbons (Fsp3) is 0.333. The summed E-state index contributed by atoms with van der Waals surface area (Å²) in [6.07, 6.45) is 0. The van der Waals surface area contributed by atoms with Crippen LogP contribution in [0.4, 0.5) is 0 Å². The Kier molecular flexibility index (Phi) is 4.51. The van der Waals surface area contributed by atoms with Crippen LogP contribution < -0.4 is 5.32 Å². The van der Waals surface area contributed by atoms with Crippen LogP contribution in [0.1, 0.15) is 24.2 Å². The van der Waals surface area contributed by atoms with Gasteiger partial charge in [-0.1, -0.05) is 12.1 Å². The first kappa shape index (κ1) is 13.0. The van der Waals surface area contributed by atoms with Gasteiger partial charge in [-0.15, -0.1) is 0 Å². The van der Waals surface area contributed by atoms with Gasteiger partial charge in [0, 0.05) is 0 Å². The number of aromatic hydroxyl groups is 1. The van der Waals surface area contributed by atoms with E-state index in [2.05, 4.69) is 5.32 Å². The molecule has 0 fully saturated rings. The number of hydrogen-bond acceptors (Lipinski definition) is 4. The standard InChI is InChI=1S/C12H15NO4/c1-3-17-12(16)8(2)13-11(15)9-6-4-5-7-10(9)14/h4-8,14H,3H2,1-2H3,(H,13,15). The number of phenolic OH excluding ortho intramolecular Hbond substituents is 1. The molecular weight excluding hydrogens is 222 g/mol. The van der Waals surface area contributed by atoms with Crippen LogP contribution in [0.15, 0.2) is 24.3 Å². The summed E-state index contributed by atoms with van der Waals surface area (Å²) in [5.74, 6) is -1.14. The van der Waals surface area contributed by atoms with E-state index < -0.39 is 17.9 Å². The smallest absolute Gasteiger partial charge is 0.328 e. The van der Waals surface area contributed by atoms with E-state index in [0.717, 1.165) is 0 Å². The van der Waals surface area contributed by atoms with Crippen molar-refractivity contribution in [1.82, 2.24) is 5.32 Å². The quantitative estimate of drug-likeness (QED) is 0.768. The molecule has 0 aliphatic rings. The van der Waals surface area contributed by atoms with Gasteiger partial charge in [0.25, 0.3) is 5.91 Å². The number of hydrogen-bond donors (Lipinski definition) is 2. The lowest BCUT2D eigenvalue weighted by Gasteiger charge is -2.12. The minimum atomic E-state index is -0.748. The van der Waals surface area contributed by atoms with Crippen molar-refractivity contribution >= 4 is 11.9 Å². The van der Waals surface area contributed by atoms with Gasteiger partial charge in [0.05, 0.1) is 12.2 Å². The number of nitrogens with one attached hydrogen (secondary N) is 1. The lowest BCUT2D eigenvalue weighted by atomic mass is 10.2. The van der Waals surface area contributed by atoms with Crippen molar-refractivity contribution in [3.8, 4) is 5.75 Å². The van der Waals surface area contributed by atoms with E-state index in [1.54, 1.807) is 19.1 Å². The number of ether oxygens (including phenoxy) is 1. The third-order valence-electron chi connectivity index (χ3n) is 2.14. The van der Waals surface area contributed by atoms with Gasteiger partial charge in [0.1, 0.15) is 11.8 Å². The third kappa shape index (κ3) is 3.48. The number of para-hydroxylation sites is 1. The molecule has 0 saturated heterocycles. The Balaban J connectivity index is 2.67. The molecule has 0 heterocycles. The molecule has 1 aromatic rings. The molecule has 1 aromatic carbocycles. The summed E-state index contributed by atoms with van der Waals surface area (Å²) in [6, 6.07) is 5.37. The van der Waals surface area contributed by atoms with E-state index >= 15 is 0 Å². The maximum Gasteiger partial charge on any atom is 0.328 e. The van der Waals surface area contributed by atoms with Gasteiger partial charge in [0.15, 0.2) is 0 Å². The molecule has 0 radical (unpaired) electrons. The van der Waals surface area contributed by atoms with E-state index in [0.29, 0.717) is 0 Å². The number of esters is 1. The van der Waals surface area contributed by atoms with Crippen LogP contribution >= 0.6 is 0 Å². The van der Waals surface area contributed by atoms with Crippen LogP contribution in [-0.2, 0) is 9.53 Å². The van der Waals surface area contributed by atoms with Crippen LogP contribution in [-0.4, -0.2) is 29.6 Å². The average Bonchev–Trinajstić information content (AvgIpc) is 2.29. The number of carbonyl (C=O) groups excluding carboxylic acids is 2. The Morgan fingerprint density at radius 1 is 1.41 bits per heavy atom. The molecule has 1 unspecified atom stereocenters. The first-order valence-corrected chi connectivity index (χ1v) is 5.31. The Morgan fingerprint density at radius 3 is 2.65 bits per heavy atom. The summed E-state index contributed by atoms with van der Waals surface area (Å²) < 4.78 is 4.75. The Bertz CT molecular complexity index is 417. The topological polar surface area (TPSA) is 75.6 Å². The van der Waals surface area contributed by atoms with Crippen LogP contribution in [0.25, 0.3) is 0 Å². The van der Waals surface area contributed by atoms with E-state index in [9.17, 15) is 14.7 Å². The summed E-state index contributed by atoms with van der Waals surface area (Å²) in [7, 11) is 0. The largest absolute Gasteiger partial charge is 0.507 e. The monoisotopic (exact) mass is 237 g/mol. The Labute approximate surface area is 99.4 Å². The lowest BCUT2D eigenvalue weighted by molar-refractivity contribution is -0.144. The van der Waals surface area contributed by atoms with E-state index in [-0.39, 0.29) is 17.9 Å². The second kappa shape index (κ2) is 5.89. The average molecular weight is 237 g/mol. The molecule has 1 rings (SSSR count). The number of amides is 1. The molecule has 92 valence electrons. The van der Waals surface area contributed by atoms with E-state index in [4.69, 9.17) is 4.74 Å². The molecule has 1 amide bonds. The summed E-state index contributed by atoms with van der Waals surface area (Å²) in [4.78, 5) is 23.0. The highest BCUT2D eigenvalue weighted by atomic mass is 16.5. The number of phenols is 1. The molecule has 0 aliphatic heterocycles. The number of rotatable bonds is 4. The highest BCUT2D eigenvalue weighted by Crippen LogP contribution is 2.15. The molecule has 0 bridgehead atoms. The maximum absolute atomic E-state index is 11.7. The maximum atomic E-state index is 11.7. The molecule has 5 nitrogen and oxygen atoms in total. The van der Waals surface area contributed by atoms with Gasteiger partial charge in [0.2, 0.25) is 0 Å². The molecule has 2 N–H and O–H groups in total. The molecule has 5 heteroatoms. The van der Waals surface area contributed by atoms with Crippen LogP contribution in [0.2, 0.25) is 0 Å². The molecule has 1 atom stereocenters. The number of benzene rings is 1. The SMILES string of the molecule is CCOC(=O)C(C)NC(=O)c1ccccc1O. The summed E-state index contributed by atoms with van der Waals surface area (Å²) in [5.41, 5.74) is 0.128. The van der Waals surface area contributed by atoms with Crippen molar-refractivity contribution in [2.24, 2.45) is 0 Å². The summed E-state index contributed by atoms with van der Waals surface area (Å²) in [6.45, 7) is 3.47. The van der Waals surface area contributed by atoms with Gasteiger partial charge in [-0.2, -0.15) is 0 Å². The predicted molar refractivity (Wildman–Crippen MR) is 61.7 cm³/mol. The van der Waals surface area contributed by atoms with Crippen LogP contribution in [0.5, 0.6) is 5.75 Å². The zero-order valence-electron chi connectivity index (χ0n) is 9.77. The van der Waals surface area contributed by atoms with Gasteiger partial charge >= 0.3 is 5.97 Å². The van der Waals surface area contributed by atoms with Gasteiger partial charge in [-0.05, 0) is 26.0 Å². The summed E-state index contributed by atoms with van der Waals surface area (Å²) in [5, 5.41) is 11.9. The van der Waals surface area contributed by atoms with Crippen LogP contribution in [0.3, 0.4) is 0 Å². The van der Waals surface area contributed by atoms with Gasteiger partial charge in [-0.25, -0.2) is 4.79 Å². The third-order valence-corrected chi connectivity index (χ3v) is 2.14. The van der Waals surface area contributed by atoms with E-state index in [1.807, 2.05) is 0 Å². The van der Waals surface area contributed by atoms with Crippen LogP contribution in [0, 0.1) is 0 Å². The lowest BCUT2D eigenvalue weighted by Crippen LogP contribution is -2.39. The minimum absolute atomic E-state index is 0.124. The normalized spacial score (nSPS) is 11.6. The van der Waals surface area contributed by atoms with Crippen molar-refractivity contribution in [3.63, 3.8) is 0 Å². The first-order valence-electron chi connectivity index (χ1n) is 5.31. The predicted octanol–water partition coefficient (Wildman–Crippen LogP) is 1.07. The van der Waals surface area contributed by atoms with Crippen molar-refractivity contribution in [2.75, 3.05) is 6.61 Å². The Morgan fingerprint density at radius 2 is 2.06 bits per heavy atom. The Hall–Kier alpha value is -2.04. The molecule has 0 aliphatic carbocycles. The van der Waals surface area contributed by atoms with Crippen molar-refractivity contribution in [1.29, 1.82) is 0 Å².